The predicted molar refractivity (Wildman–Crippen MR) is 181 cm³/mol. The fraction of sp³-hybridized carbons (Fsp3) is 0.152. The van der Waals surface area contributed by atoms with E-state index in [1.165, 1.54) is 11.8 Å². The van der Waals surface area contributed by atoms with Crippen molar-refractivity contribution in [3.05, 3.63) is 120 Å². The Hall–Kier alpha value is -3.13. The molecule has 0 radical (unpaired) electrons. The smallest absolute Gasteiger partial charge is 0.271 e. The van der Waals surface area contributed by atoms with E-state index in [1.54, 1.807) is 47.4 Å². The molecule has 0 saturated carbocycles. The summed E-state index contributed by atoms with van der Waals surface area (Å²) in [6, 6.07) is 21.9. The van der Waals surface area contributed by atoms with E-state index in [0.29, 0.717) is 65.2 Å². The van der Waals surface area contributed by atoms with Crippen LogP contribution in [0.3, 0.4) is 0 Å². The summed E-state index contributed by atoms with van der Waals surface area (Å²) in [6.45, 7) is 6.39. The zero-order valence-corrected chi connectivity index (χ0v) is 27.3. The molecule has 1 saturated heterocycles. The maximum absolute atomic E-state index is 13.9. The Morgan fingerprint density at radius 2 is 1.53 bits per heavy atom. The van der Waals surface area contributed by atoms with Crippen molar-refractivity contribution in [2.75, 3.05) is 11.5 Å². The molecular formula is C33H26Cl4N2O3S. The quantitative estimate of drug-likeness (QED) is 0.175. The second-order valence-electron chi connectivity index (χ2n) is 9.69. The van der Waals surface area contributed by atoms with Gasteiger partial charge in [-0.1, -0.05) is 70.7 Å². The zero-order chi connectivity index (χ0) is 30.7. The van der Waals surface area contributed by atoms with Crippen LogP contribution in [0.2, 0.25) is 20.1 Å². The van der Waals surface area contributed by atoms with Gasteiger partial charge in [-0.15, -0.1) is 0 Å². The predicted octanol–water partition coefficient (Wildman–Crippen LogP) is 10.7. The highest BCUT2D eigenvalue weighted by Gasteiger charge is 2.35. The van der Waals surface area contributed by atoms with Gasteiger partial charge in [0.1, 0.15) is 6.61 Å². The number of amides is 1. The number of hydrogen-bond acceptors (Lipinski definition) is 5. The van der Waals surface area contributed by atoms with Crippen LogP contribution in [0.1, 0.15) is 29.2 Å². The van der Waals surface area contributed by atoms with Crippen LogP contribution in [0.15, 0.2) is 82.7 Å². The van der Waals surface area contributed by atoms with Gasteiger partial charge in [-0.2, -0.15) is 0 Å². The molecule has 43 heavy (non-hydrogen) atoms. The van der Waals surface area contributed by atoms with E-state index < -0.39 is 0 Å². The summed E-state index contributed by atoms with van der Waals surface area (Å²) in [6.07, 6.45) is 1.76. The van der Waals surface area contributed by atoms with Crippen LogP contribution in [0.4, 0.5) is 11.4 Å². The zero-order valence-electron chi connectivity index (χ0n) is 23.5. The molecule has 0 unspecified atom stereocenters. The minimum atomic E-state index is -0.251. The Labute approximate surface area is 275 Å². The van der Waals surface area contributed by atoms with Gasteiger partial charge < -0.3 is 9.47 Å². The maximum Gasteiger partial charge on any atom is 0.271 e. The number of thioether (sulfide) groups is 1. The molecule has 5 nitrogen and oxygen atoms in total. The monoisotopic (exact) mass is 670 g/mol. The molecule has 0 spiro atoms. The Kier molecular flexibility index (Phi) is 9.95. The number of nitrogens with zero attached hydrogens (tertiary/aromatic N) is 2. The second kappa shape index (κ2) is 13.7. The average molecular weight is 672 g/mol. The van der Waals surface area contributed by atoms with Crippen molar-refractivity contribution >= 4 is 86.7 Å². The summed E-state index contributed by atoms with van der Waals surface area (Å²) in [5.74, 6) is 0.635. The number of amidine groups is 1. The van der Waals surface area contributed by atoms with Gasteiger partial charge in [-0.25, -0.2) is 4.99 Å². The number of rotatable bonds is 8. The summed E-state index contributed by atoms with van der Waals surface area (Å²) >= 11 is 26.7. The number of halogens is 4. The van der Waals surface area contributed by atoms with Crippen molar-refractivity contribution in [2.45, 2.75) is 27.4 Å². The van der Waals surface area contributed by atoms with Crippen molar-refractivity contribution in [2.24, 2.45) is 4.99 Å². The number of aryl methyl sites for hydroxylation is 2. The summed E-state index contributed by atoms with van der Waals surface area (Å²) in [5.41, 5.74) is 4.67. The maximum atomic E-state index is 13.9. The van der Waals surface area contributed by atoms with Crippen LogP contribution in [0, 0.1) is 13.8 Å². The third kappa shape index (κ3) is 7.34. The normalized spacial score (nSPS) is 15.0. The highest BCUT2D eigenvalue weighted by atomic mass is 35.5. The number of aliphatic imine (C=N–C) groups is 1. The number of carbonyl (C=O) groups is 1. The molecular weight excluding hydrogens is 646 g/mol. The number of anilines is 1. The molecule has 220 valence electrons. The molecule has 0 atom stereocenters. The lowest BCUT2D eigenvalue weighted by molar-refractivity contribution is -0.113. The molecule has 0 aromatic heterocycles. The first-order valence-electron chi connectivity index (χ1n) is 13.3. The van der Waals surface area contributed by atoms with Crippen molar-refractivity contribution in [1.82, 2.24) is 0 Å². The van der Waals surface area contributed by atoms with Crippen LogP contribution < -0.4 is 14.4 Å². The van der Waals surface area contributed by atoms with Gasteiger partial charge in [0.25, 0.3) is 5.91 Å². The average Bonchev–Trinajstić information content (AvgIpc) is 3.26. The molecule has 5 rings (SSSR count). The minimum absolute atomic E-state index is 0.251. The van der Waals surface area contributed by atoms with E-state index in [2.05, 4.69) is 0 Å². The molecule has 0 aliphatic carbocycles. The van der Waals surface area contributed by atoms with Crippen LogP contribution in [-0.2, 0) is 11.4 Å². The van der Waals surface area contributed by atoms with E-state index in [9.17, 15) is 4.79 Å². The van der Waals surface area contributed by atoms with Crippen LogP contribution >= 0.6 is 58.2 Å². The molecule has 1 heterocycles. The first-order valence-corrected chi connectivity index (χ1v) is 15.6. The molecule has 0 bridgehead atoms. The molecule has 4 aromatic carbocycles. The lowest BCUT2D eigenvalue weighted by Crippen LogP contribution is -2.28. The van der Waals surface area contributed by atoms with E-state index >= 15 is 0 Å². The summed E-state index contributed by atoms with van der Waals surface area (Å²) < 4.78 is 11.9. The van der Waals surface area contributed by atoms with Gasteiger partial charge in [0, 0.05) is 15.1 Å². The number of hydrogen-bond donors (Lipinski definition) is 0. The van der Waals surface area contributed by atoms with Crippen LogP contribution in [-0.4, -0.2) is 17.7 Å². The van der Waals surface area contributed by atoms with Crippen LogP contribution in [0.25, 0.3) is 6.08 Å². The van der Waals surface area contributed by atoms with Crippen molar-refractivity contribution in [3.63, 3.8) is 0 Å². The largest absolute Gasteiger partial charge is 0.490 e. The highest BCUT2D eigenvalue weighted by molar-refractivity contribution is 8.19. The van der Waals surface area contributed by atoms with Gasteiger partial charge >= 0.3 is 0 Å². The van der Waals surface area contributed by atoms with Crippen molar-refractivity contribution in [3.8, 4) is 11.5 Å². The molecule has 1 aliphatic rings. The van der Waals surface area contributed by atoms with E-state index in [0.717, 1.165) is 16.7 Å². The Morgan fingerprint density at radius 1 is 0.837 bits per heavy atom. The van der Waals surface area contributed by atoms with E-state index in [1.807, 2.05) is 57.2 Å². The third-order valence-electron chi connectivity index (χ3n) is 6.53. The topological polar surface area (TPSA) is 51.1 Å². The molecule has 1 aliphatic heterocycles. The number of ether oxygens (including phenoxy) is 2. The summed E-state index contributed by atoms with van der Waals surface area (Å²) in [7, 11) is 0. The number of carbonyl (C=O) groups excluding carboxylic acids is 1. The number of benzene rings is 4. The third-order valence-corrected chi connectivity index (χ3v) is 8.84. The Morgan fingerprint density at radius 3 is 2.21 bits per heavy atom. The van der Waals surface area contributed by atoms with Crippen molar-refractivity contribution in [1.29, 1.82) is 0 Å². The van der Waals surface area contributed by atoms with E-state index in [-0.39, 0.29) is 12.5 Å². The standard InChI is InChI=1S/C33H26Cl4N2O3S/c1-4-41-29-14-22(13-28(37)31(29)42-18-21-7-9-23(34)10-8-21)15-30-32(40)39(25-12-6-20(3)27(36)17-25)33(43-30)38-24-11-5-19(2)26(35)16-24/h5-17H,4,18H2,1-3H3/b30-15+,38-33?. The molecule has 1 amide bonds. The summed E-state index contributed by atoms with van der Waals surface area (Å²) in [4.78, 5) is 20.6. The van der Waals surface area contributed by atoms with Crippen molar-refractivity contribution < 1.29 is 14.3 Å². The summed E-state index contributed by atoms with van der Waals surface area (Å²) in [5, 5.41) is 2.61. The first-order chi connectivity index (χ1) is 20.6. The molecule has 0 N–H and O–H groups in total. The molecule has 10 heteroatoms. The molecule has 1 fully saturated rings. The Balaban J connectivity index is 1.51. The molecule has 4 aromatic rings. The fourth-order valence-corrected chi connectivity index (χ4v) is 5.97. The van der Waals surface area contributed by atoms with Gasteiger partial charge in [0.05, 0.1) is 27.9 Å². The minimum Gasteiger partial charge on any atom is -0.490 e. The van der Waals surface area contributed by atoms with Gasteiger partial charge in [0.15, 0.2) is 16.7 Å². The lowest BCUT2D eigenvalue weighted by atomic mass is 10.1. The van der Waals surface area contributed by atoms with Gasteiger partial charge in [-0.05, 0) is 109 Å². The fourth-order valence-electron chi connectivity index (χ4n) is 4.22. The first kappa shape index (κ1) is 31.3. The highest BCUT2D eigenvalue weighted by Crippen LogP contribution is 2.42. The van der Waals surface area contributed by atoms with Crippen LogP contribution in [0.5, 0.6) is 11.5 Å². The van der Waals surface area contributed by atoms with E-state index in [4.69, 9.17) is 60.9 Å². The SMILES string of the molecule is CCOc1cc(/C=C2/SC(=Nc3ccc(C)c(Cl)c3)N(c3ccc(C)c(Cl)c3)C2=O)cc(Cl)c1OCc1ccc(Cl)cc1. The second-order valence-corrected chi connectivity index (χ2v) is 12.4. The lowest BCUT2D eigenvalue weighted by Gasteiger charge is -2.17. The van der Waals surface area contributed by atoms with Gasteiger partial charge in [-0.3, -0.25) is 9.69 Å². The Bertz CT molecular complexity index is 1760. The van der Waals surface area contributed by atoms with Gasteiger partial charge in [0.2, 0.25) is 0 Å².